The van der Waals surface area contributed by atoms with Crippen molar-refractivity contribution < 1.29 is 9.18 Å². The summed E-state index contributed by atoms with van der Waals surface area (Å²) < 4.78 is 15.1. The lowest BCUT2D eigenvalue weighted by molar-refractivity contribution is 0.102. The fourth-order valence-electron chi connectivity index (χ4n) is 1.70. The SMILES string of the molecule is Cc1nn(C)cc1C(=O)Nc1ccc(C#N)cc1F. The van der Waals surface area contributed by atoms with Gasteiger partial charge in [0.2, 0.25) is 0 Å². The standard InChI is InChI=1S/C13H11FN4O/c1-8-10(7-18(2)17-8)13(19)16-12-4-3-9(6-15)5-11(12)14/h3-5,7H,1-2H3,(H,16,19). The molecule has 2 rings (SSSR count). The highest BCUT2D eigenvalue weighted by atomic mass is 19.1. The molecule has 5 nitrogen and oxygen atoms in total. The van der Waals surface area contributed by atoms with Crippen LogP contribution in [0.15, 0.2) is 24.4 Å². The number of amides is 1. The Bertz CT molecular complexity index is 684. The van der Waals surface area contributed by atoms with Gasteiger partial charge in [-0.2, -0.15) is 10.4 Å². The first kappa shape index (κ1) is 12.8. The maximum absolute atomic E-state index is 13.6. The van der Waals surface area contributed by atoms with Crippen molar-refractivity contribution in [1.82, 2.24) is 9.78 Å². The Kier molecular flexibility index (Phi) is 3.29. The summed E-state index contributed by atoms with van der Waals surface area (Å²) in [6.07, 6.45) is 1.56. The molecule has 0 radical (unpaired) electrons. The van der Waals surface area contributed by atoms with Gasteiger partial charge in [0.05, 0.1) is 28.6 Å². The molecule has 1 amide bonds. The van der Waals surface area contributed by atoms with Crippen molar-refractivity contribution >= 4 is 11.6 Å². The Labute approximate surface area is 109 Å². The summed E-state index contributed by atoms with van der Waals surface area (Å²) in [4.78, 5) is 12.0. The van der Waals surface area contributed by atoms with E-state index >= 15 is 0 Å². The molecule has 0 aliphatic heterocycles. The van der Waals surface area contributed by atoms with Crippen molar-refractivity contribution in [2.75, 3.05) is 5.32 Å². The van der Waals surface area contributed by atoms with Crippen LogP contribution in [0.4, 0.5) is 10.1 Å². The first-order valence-electron chi connectivity index (χ1n) is 5.52. The van der Waals surface area contributed by atoms with E-state index in [4.69, 9.17) is 5.26 Å². The van der Waals surface area contributed by atoms with E-state index < -0.39 is 11.7 Å². The number of nitrogens with zero attached hydrogens (tertiary/aromatic N) is 3. The van der Waals surface area contributed by atoms with Crippen LogP contribution in [0.5, 0.6) is 0 Å². The van der Waals surface area contributed by atoms with Gasteiger partial charge in [-0.15, -0.1) is 0 Å². The van der Waals surface area contributed by atoms with Gasteiger partial charge in [0.25, 0.3) is 5.91 Å². The number of hydrogen-bond donors (Lipinski definition) is 1. The molecule has 0 spiro atoms. The van der Waals surface area contributed by atoms with Crippen molar-refractivity contribution in [1.29, 1.82) is 5.26 Å². The maximum Gasteiger partial charge on any atom is 0.259 e. The number of aromatic nitrogens is 2. The van der Waals surface area contributed by atoms with Crippen molar-refractivity contribution in [2.24, 2.45) is 7.05 Å². The van der Waals surface area contributed by atoms with E-state index in [0.29, 0.717) is 11.3 Å². The summed E-state index contributed by atoms with van der Waals surface area (Å²) in [7, 11) is 1.70. The number of halogens is 1. The minimum Gasteiger partial charge on any atom is -0.319 e. The number of nitriles is 1. The maximum atomic E-state index is 13.6. The number of benzene rings is 1. The van der Waals surface area contributed by atoms with Crippen LogP contribution < -0.4 is 5.32 Å². The molecule has 0 bridgehead atoms. The van der Waals surface area contributed by atoms with E-state index in [1.807, 2.05) is 6.07 Å². The van der Waals surface area contributed by atoms with Crippen molar-refractivity contribution in [3.63, 3.8) is 0 Å². The molecular formula is C13H11FN4O. The van der Waals surface area contributed by atoms with E-state index in [-0.39, 0.29) is 11.3 Å². The third kappa shape index (κ3) is 2.60. The highest BCUT2D eigenvalue weighted by Gasteiger charge is 2.14. The lowest BCUT2D eigenvalue weighted by atomic mass is 10.2. The van der Waals surface area contributed by atoms with Gasteiger partial charge in [-0.05, 0) is 25.1 Å². The molecule has 0 atom stereocenters. The number of nitrogens with one attached hydrogen (secondary N) is 1. The molecule has 1 aromatic heterocycles. The van der Waals surface area contributed by atoms with Crippen LogP contribution in [0.3, 0.4) is 0 Å². The van der Waals surface area contributed by atoms with Crippen LogP contribution in [0.25, 0.3) is 0 Å². The lowest BCUT2D eigenvalue weighted by Crippen LogP contribution is -2.13. The van der Waals surface area contributed by atoms with Crippen LogP contribution in [0, 0.1) is 24.1 Å². The van der Waals surface area contributed by atoms with Gasteiger partial charge >= 0.3 is 0 Å². The zero-order valence-electron chi connectivity index (χ0n) is 10.4. The third-order valence-electron chi connectivity index (χ3n) is 2.60. The third-order valence-corrected chi connectivity index (χ3v) is 2.60. The highest BCUT2D eigenvalue weighted by Crippen LogP contribution is 2.17. The summed E-state index contributed by atoms with van der Waals surface area (Å²) in [5, 5.41) is 15.1. The van der Waals surface area contributed by atoms with Crippen molar-refractivity contribution in [3.8, 4) is 6.07 Å². The number of carbonyl (C=O) groups is 1. The monoisotopic (exact) mass is 258 g/mol. The fraction of sp³-hybridized carbons (Fsp3) is 0.154. The quantitative estimate of drug-likeness (QED) is 0.895. The van der Waals surface area contributed by atoms with Gasteiger partial charge in [-0.3, -0.25) is 9.48 Å². The Balaban J connectivity index is 2.25. The molecule has 1 heterocycles. The number of hydrogen-bond acceptors (Lipinski definition) is 3. The fourth-order valence-corrected chi connectivity index (χ4v) is 1.70. The predicted molar refractivity (Wildman–Crippen MR) is 67.0 cm³/mol. The second-order valence-electron chi connectivity index (χ2n) is 4.06. The molecule has 0 aliphatic rings. The molecule has 0 fully saturated rings. The molecule has 2 aromatic rings. The topological polar surface area (TPSA) is 70.7 Å². The number of anilines is 1. The van der Waals surface area contributed by atoms with Gasteiger partial charge in [-0.1, -0.05) is 0 Å². The Hall–Kier alpha value is -2.68. The zero-order chi connectivity index (χ0) is 14.0. The smallest absolute Gasteiger partial charge is 0.259 e. The van der Waals surface area contributed by atoms with Crippen LogP contribution >= 0.6 is 0 Å². The van der Waals surface area contributed by atoms with Gasteiger partial charge < -0.3 is 5.32 Å². The molecule has 0 unspecified atom stereocenters. The van der Waals surface area contributed by atoms with Crippen LogP contribution in [0.2, 0.25) is 0 Å². The summed E-state index contributed by atoms with van der Waals surface area (Å²) >= 11 is 0. The van der Waals surface area contributed by atoms with Gasteiger partial charge in [0, 0.05) is 13.2 Å². The summed E-state index contributed by atoms with van der Waals surface area (Å²) in [5.74, 6) is -1.08. The van der Waals surface area contributed by atoms with Crippen LogP contribution in [-0.2, 0) is 7.05 Å². The normalized spacial score (nSPS) is 10.0. The minimum atomic E-state index is -0.644. The number of aryl methyl sites for hydroxylation is 2. The summed E-state index contributed by atoms with van der Waals surface area (Å²) in [6.45, 7) is 1.70. The van der Waals surface area contributed by atoms with Crippen LogP contribution in [-0.4, -0.2) is 15.7 Å². The van der Waals surface area contributed by atoms with E-state index in [1.54, 1.807) is 20.2 Å². The number of rotatable bonds is 2. The second-order valence-corrected chi connectivity index (χ2v) is 4.06. The summed E-state index contributed by atoms with van der Waals surface area (Å²) in [6, 6.07) is 5.70. The van der Waals surface area contributed by atoms with Crippen molar-refractivity contribution in [2.45, 2.75) is 6.92 Å². The molecule has 1 aromatic carbocycles. The van der Waals surface area contributed by atoms with Crippen LogP contribution in [0.1, 0.15) is 21.6 Å². The average Bonchev–Trinajstić information content (AvgIpc) is 2.71. The van der Waals surface area contributed by atoms with Gasteiger partial charge in [-0.25, -0.2) is 4.39 Å². The van der Waals surface area contributed by atoms with E-state index in [1.165, 1.54) is 16.8 Å². The van der Waals surface area contributed by atoms with E-state index in [9.17, 15) is 9.18 Å². The first-order chi connectivity index (χ1) is 9.01. The molecule has 6 heteroatoms. The van der Waals surface area contributed by atoms with Gasteiger partial charge in [0.15, 0.2) is 0 Å². The summed E-state index contributed by atoms with van der Waals surface area (Å²) in [5.41, 5.74) is 1.18. The molecule has 0 aliphatic carbocycles. The van der Waals surface area contributed by atoms with E-state index in [2.05, 4.69) is 10.4 Å². The molecular weight excluding hydrogens is 247 g/mol. The molecule has 96 valence electrons. The van der Waals surface area contributed by atoms with Crippen molar-refractivity contribution in [3.05, 3.63) is 47.0 Å². The Morgan fingerprint density at radius 1 is 1.53 bits per heavy atom. The minimum absolute atomic E-state index is 0.0345. The number of carbonyl (C=O) groups excluding carboxylic acids is 1. The molecule has 1 N–H and O–H groups in total. The molecule has 0 saturated carbocycles. The average molecular weight is 258 g/mol. The Morgan fingerprint density at radius 2 is 2.26 bits per heavy atom. The first-order valence-corrected chi connectivity index (χ1v) is 5.52. The molecule has 19 heavy (non-hydrogen) atoms. The second kappa shape index (κ2) is 4.90. The Morgan fingerprint density at radius 3 is 2.79 bits per heavy atom. The van der Waals surface area contributed by atoms with Gasteiger partial charge in [0.1, 0.15) is 5.82 Å². The van der Waals surface area contributed by atoms with E-state index in [0.717, 1.165) is 6.07 Å². The predicted octanol–water partition coefficient (Wildman–Crippen LogP) is 1.99. The zero-order valence-corrected chi connectivity index (χ0v) is 10.4. The molecule has 0 saturated heterocycles. The largest absolute Gasteiger partial charge is 0.319 e. The highest BCUT2D eigenvalue weighted by molar-refractivity contribution is 6.04. The lowest BCUT2D eigenvalue weighted by Gasteiger charge is -2.05.